The highest BCUT2D eigenvalue weighted by Crippen LogP contribution is 2.28. The van der Waals surface area contributed by atoms with Gasteiger partial charge in [0.2, 0.25) is 0 Å². The van der Waals surface area contributed by atoms with E-state index in [0.29, 0.717) is 23.7 Å². The third-order valence-electron chi connectivity index (χ3n) is 2.70. The maximum Gasteiger partial charge on any atom is 0.293 e. The van der Waals surface area contributed by atoms with E-state index in [1.807, 2.05) is 6.07 Å². The number of nitrogens with zero attached hydrogens (tertiary/aromatic N) is 2. The van der Waals surface area contributed by atoms with Crippen LogP contribution in [0.15, 0.2) is 12.1 Å². The molecular weight excluding hydrogens is 230 g/mol. The van der Waals surface area contributed by atoms with Crippen LogP contribution in [0.4, 0.5) is 11.4 Å². The first-order chi connectivity index (χ1) is 8.45. The minimum absolute atomic E-state index is 0.0408. The molecule has 1 aromatic carbocycles. The Balaban J connectivity index is 2.99. The molecule has 18 heavy (non-hydrogen) atoms. The Kier molecular flexibility index (Phi) is 4.67. The fraction of sp³-hybridized carbons (Fsp3) is 0.462. The number of nitrogens with one attached hydrogen (secondary N) is 1. The zero-order valence-corrected chi connectivity index (χ0v) is 10.9. The van der Waals surface area contributed by atoms with Crippen LogP contribution in [0.25, 0.3) is 0 Å². The molecular formula is C13H17N3O2. The highest BCUT2D eigenvalue weighted by molar-refractivity contribution is 5.66. The molecule has 0 saturated heterocycles. The summed E-state index contributed by atoms with van der Waals surface area (Å²) in [6, 6.07) is 4.95. The van der Waals surface area contributed by atoms with Crippen molar-refractivity contribution in [3.05, 3.63) is 33.4 Å². The zero-order valence-electron chi connectivity index (χ0n) is 10.9. The first kappa shape index (κ1) is 14.0. The Morgan fingerprint density at radius 3 is 2.67 bits per heavy atom. The third kappa shape index (κ3) is 3.45. The van der Waals surface area contributed by atoms with Crippen molar-refractivity contribution in [2.24, 2.45) is 5.92 Å². The number of hydrogen-bond donors (Lipinski definition) is 1. The van der Waals surface area contributed by atoms with Gasteiger partial charge in [-0.2, -0.15) is 5.26 Å². The summed E-state index contributed by atoms with van der Waals surface area (Å²) in [5.74, 6) is 0.538. The lowest BCUT2D eigenvalue weighted by molar-refractivity contribution is -0.384. The Morgan fingerprint density at radius 1 is 1.50 bits per heavy atom. The van der Waals surface area contributed by atoms with Crippen molar-refractivity contribution in [1.82, 2.24) is 0 Å². The van der Waals surface area contributed by atoms with Crippen LogP contribution >= 0.6 is 0 Å². The van der Waals surface area contributed by atoms with Crippen LogP contribution in [-0.4, -0.2) is 11.5 Å². The lowest BCUT2D eigenvalue weighted by Gasteiger charge is -2.10. The molecule has 0 radical (unpaired) electrons. The molecule has 0 aromatic heterocycles. The molecule has 0 aliphatic heterocycles. The maximum atomic E-state index is 11.0. The molecule has 0 atom stereocenters. The van der Waals surface area contributed by atoms with E-state index in [-0.39, 0.29) is 5.69 Å². The van der Waals surface area contributed by atoms with Crippen molar-refractivity contribution in [1.29, 1.82) is 5.26 Å². The molecule has 0 aliphatic carbocycles. The largest absolute Gasteiger partial charge is 0.379 e. The van der Waals surface area contributed by atoms with Crippen LogP contribution in [0.2, 0.25) is 0 Å². The van der Waals surface area contributed by atoms with Gasteiger partial charge in [-0.1, -0.05) is 13.8 Å². The summed E-state index contributed by atoms with van der Waals surface area (Å²) < 4.78 is 0. The minimum Gasteiger partial charge on any atom is -0.379 e. The van der Waals surface area contributed by atoms with Crippen LogP contribution in [0.3, 0.4) is 0 Å². The van der Waals surface area contributed by atoms with Gasteiger partial charge in [0.1, 0.15) is 5.69 Å². The summed E-state index contributed by atoms with van der Waals surface area (Å²) in [5.41, 5.74) is 1.53. The van der Waals surface area contributed by atoms with Crippen molar-refractivity contribution in [3.8, 4) is 6.07 Å². The lowest BCUT2D eigenvalue weighted by atomic mass is 10.1. The maximum absolute atomic E-state index is 11.0. The molecule has 5 heteroatoms. The van der Waals surface area contributed by atoms with E-state index < -0.39 is 4.92 Å². The second-order valence-corrected chi connectivity index (χ2v) is 4.66. The van der Waals surface area contributed by atoms with Crippen LogP contribution in [-0.2, 0) is 0 Å². The van der Waals surface area contributed by atoms with Crippen molar-refractivity contribution in [2.75, 3.05) is 11.9 Å². The Hall–Kier alpha value is -2.09. The Morgan fingerprint density at radius 2 is 2.17 bits per heavy atom. The van der Waals surface area contributed by atoms with Crippen molar-refractivity contribution in [3.63, 3.8) is 0 Å². The number of nitro benzene ring substituents is 1. The van der Waals surface area contributed by atoms with Gasteiger partial charge in [-0.15, -0.1) is 0 Å². The molecule has 0 aliphatic rings. The normalized spacial score (nSPS) is 10.2. The average Bonchev–Trinajstić information content (AvgIpc) is 2.28. The van der Waals surface area contributed by atoms with Gasteiger partial charge in [-0.3, -0.25) is 10.1 Å². The molecule has 0 amide bonds. The molecule has 0 heterocycles. The van der Waals surface area contributed by atoms with E-state index >= 15 is 0 Å². The molecule has 5 nitrogen and oxygen atoms in total. The predicted octanol–water partition coefficient (Wildman–Crippen LogP) is 3.23. The van der Waals surface area contributed by atoms with Crippen molar-refractivity contribution >= 4 is 11.4 Å². The average molecular weight is 247 g/mol. The van der Waals surface area contributed by atoms with Gasteiger partial charge >= 0.3 is 0 Å². The summed E-state index contributed by atoms with van der Waals surface area (Å²) in [5, 5.41) is 22.9. The number of hydrogen-bond acceptors (Lipinski definition) is 4. The monoisotopic (exact) mass is 247 g/mol. The molecule has 0 unspecified atom stereocenters. The Labute approximate surface area is 107 Å². The lowest BCUT2D eigenvalue weighted by Crippen LogP contribution is -2.07. The van der Waals surface area contributed by atoms with Crippen LogP contribution in [0, 0.1) is 34.3 Å². The summed E-state index contributed by atoms with van der Waals surface area (Å²) in [6.45, 7) is 6.65. The summed E-state index contributed by atoms with van der Waals surface area (Å²) in [4.78, 5) is 10.5. The second-order valence-electron chi connectivity index (χ2n) is 4.66. The molecule has 96 valence electrons. The number of rotatable bonds is 5. The summed E-state index contributed by atoms with van der Waals surface area (Å²) in [6.07, 6.45) is 0.941. The van der Waals surface area contributed by atoms with E-state index in [1.165, 1.54) is 6.07 Å². The van der Waals surface area contributed by atoms with E-state index in [0.717, 1.165) is 12.0 Å². The number of aryl methyl sites for hydroxylation is 1. The number of nitriles is 1. The smallest absolute Gasteiger partial charge is 0.293 e. The van der Waals surface area contributed by atoms with E-state index in [1.54, 1.807) is 13.0 Å². The topological polar surface area (TPSA) is 79.0 Å². The van der Waals surface area contributed by atoms with Crippen LogP contribution < -0.4 is 5.32 Å². The SMILES string of the molecule is Cc1cc(NCCC(C)C)c([N+](=O)[O-])cc1C#N. The Bertz CT molecular complexity index is 490. The summed E-state index contributed by atoms with van der Waals surface area (Å²) >= 11 is 0. The number of anilines is 1. The van der Waals surface area contributed by atoms with E-state index in [9.17, 15) is 10.1 Å². The van der Waals surface area contributed by atoms with Gasteiger partial charge in [0, 0.05) is 12.6 Å². The highest BCUT2D eigenvalue weighted by atomic mass is 16.6. The van der Waals surface area contributed by atoms with Crippen molar-refractivity contribution in [2.45, 2.75) is 27.2 Å². The predicted molar refractivity (Wildman–Crippen MR) is 70.5 cm³/mol. The van der Waals surface area contributed by atoms with Gasteiger partial charge in [0.15, 0.2) is 0 Å². The summed E-state index contributed by atoms with van der Waals surface area (Å²) in [7, 11) is 0. The van der Waals surface area contributed by atoms with Gasteiger partial charge < -0.3 is 5.32 Å². The van der Waals surface area contributed by atoms with Gasteiger partial charge in [0.25, 0.3) is 5.69 Å². The molecule has 0 fully saturated rings. The molecule has 1 rings (SSSR count). The van der Waals surface area contributed by atoms with Crippen LogP contribution in [0.5, 0.6) is 0 Å². The molecule has 0 bridgehead atoms. The first-order valence-electron chi connectivity index (χ1n) is 5.88. The number of benzene rings is 1. The third-order valence-corrected chi connectivity index (χ3v) is 2.70. The minimum atomic E-state index is -0.460. The van der Waals surface area contributed by atoms with Crippen molar-refractivity contribution < 1.29 is 4.92 Å². The second kappa shape index (κ2) is 6.01. The zero-order chi connectivity index (χ0) is 13.7. The highest BCUT2D eigenvalue weighted by Gasteiger charge is 2.16. The van der Waals surface area contributed by atoms with E-state index in [4.69, 9.17) is 5.26 Å². The van der Waals surface area contributed by atoms with Crippen LogP contribution in [0.1, 0.15) is 31.4 Å². The molecule has 1 aromatic rings. The van der Waals surface area contributed by atoms with E-state index in [2.05, 4.69) is 19.2 Å². The quantitative estimate of drug-likeness (QED) is 0.640. The molecule has 1 N–H and O–H groups in total. The van der Waals surface area contributed by atoms with Gasteiger partial charge in [-0.25, -0.2) is 0 Å². The number of nitro groups is 1. The van der Waals surface area contributed by atoms with Gasteiger partial charge in [0.05, 0.1) is 16.6 Å². The first-order valence-corrected chi connectivity index (χ1v) is 5.88. The molecule has 0 spiro atoms. The fourth-order valence-corrected chi connectivity index (χ4v) is 1.61. The standard InChI is InChI=1S/C13H17N3O2/c1-9(2)4-5-15-12-6-10(3)11(8-14)7-13(12)16(17)18/h6-7,9,15H,4-5H2,1-3H3. The molecule has 0 saturated carbocycles. The van der Waals surface area contributed by atoms with Gasteiger partial charge in [-0.05, 0) is 30.9 Å². The fourth-order valence-electron chi connectivity index (χ4n) is 1.61.